The molecule has 262 valence electrons. The number of benzene rings is 3. The molecule has 0 spiro atoms. The van der Waals surface area contributed by atoms with Gasteiger partial charge in [-0.25, -0.2) is 0 Å². The summed E-state index contributed by atoms with van der Waals surface area (Å²) in [6.45, 7) is 17.2. The summed E-state index contributed by atoms with van der Waals surface area (Å²) in [5.41, 5.74) is 2.74. The molecule has 2 aliphatic rings. The zero-order valence-electron chi connectivity index (χ0n) is 29.9. The highest BCUT2D eigenvalue weighted by Gasteiger charge is 2.45. The van der Waals surface area contributed by atoms with Crippen LogP contribution in [0.15, 0.2) is 115 Å². The number of nitrogens with zero attached hydrogens (tertiary/aromatic N) is 3. The van der Waals surface area contributed by atoms with Gasteiger partial charge >= 0.3 is 0 Å². The van der Waals surface area contributed by atoms with Crippen LogP contribution in [0.1, 0.15) is 60.4 Å². The second-order valence-electron chi connectivity index (χ2n) is 14.9. The summed E-state index contributed by atoms with van der Waals surface area (Å²) in [6, 6.07) is 28.9. The fourth-order valence-electron chi connectivity index (χ4n) is 6.28. The maximum atomic E-state index is 14.6. The van der Waals surface area contributed by atoms with Crippen molar-refractivity contribution in [3.05, 3.63) is 142 Å². The van der Waals surface area contributed by atoms with E-state index in [0.717, 1.165) is 28.9 Å². The molecule has 1 aliphatic heterocycles. The zero-order chi connectivity index (χ0) is 35.5. The highest BCUT2D eigenvalue weighted by molar-refractivity contribution is 6.74. The van der Waals surface area contributed by atoms with Crippen molar-refractivity contribution in [1.29, 1.82) is 0 Å². The molecule has 0 saturated heterocycles. The first-order chi connectivity index (χ1) is 24.0. The number of rotatable bonds is 14. The number of hydrogen-bond donors (Lipinski definition) is 0. The highest BCUT2D eigenvalue weighted by Crippen LogP contribution is 2.44. The molecule has 3 aromatic carbocycles. The van der Waals surface area contributed by atoms with Crippen molar-refractivity contribution in [2.24, 2.45) is 11.8 Å². The summed E-state index contributed by atoms with van der Waals surface area (Å²) in [4.78, 5) is 30.0. The lowest BCUT2D eigenvalue weighted by Gasteiger charge is -2.44. The fourth-order valence-corrected chi connectivity index (χ4v) is 7.34. The van der Waals surface area contributed by atoms with Crippen LogP contribution in [-0.2, 0) is 11.0 Å². The molecule has 1 fully saturated rings. The maximum Gasteiger partial charge on any atom is 0.277 e. The Morgan fingerprint density at radius 3 is 2.28 bits per heavy atom. The number of carbonyl (C=O) groups is 1. The van der Waals surface area contributed by atoms with Gasteiger partial charge in [0.2, 0.25) is 5.43 Å². The fraction of sp³-hybridized carbons (Fsp3) is 0.366. The molecule has 2 heterocycles. The lowest BCUT2D eigenvalue weighted by Crippen LogP contribution is -2.56. The SMILES string of the molecule is C=CCOc1ccccc1C(c1ccccc1)N1CN(CC2CC2CO[Si](C)(C)C(C)(C)C)C(=O)c2c(OCc3ccccc3)c(=O)ccn21. The summed E-state index contributed by atoms with van der Waals surface area (Å²) in [6.07, 6.45) is 4.42. The van der Waals surface area contributed by atoms with Crippen LogP contribution in [0.2, 0.25) is 18.1 Å². The van der Waals surface area contributed by atoms with Gasteiger partial charge in [0.1, 0.15) is 31.7 Å². The normalized spacial score (nSPS) is 18.0. The van der Waals surface area contributed by atoms with Gasteiger partial charge in [0.15, 0.2) is 19.8 Å². The Labute approximate surface area is 297 Å². The van der Waals surface area contributed by atoms with E-state index in [9.17, 15) is 9.59 Å². The molecule has 6 rings (SSSR count). The number of ether oxygens (including phenoxy) is 2. The molecular formula is C41H49N3O5Si. The molecule has 0 N–H and O–H groups in total. The minimum absolute atomic E-state index is 0.0488. The minimum atomic E-state index is -1.90. The van der Waals surface area contributed by atoms with E-state index in [1.54, 1.807) is 12.3 Å². The van der Waals surface area contributed by atoms with E-state index in [1.165, 1.54) is 6.07 Å². The van der Waals surface area contributed by atoms with Crippen molar-refractivity contribution >= 4 is 14.2 Å². The Hall–Kier alpha value is -4.60. The number of amides is 1. The van der Waals surface area contributed by atoms with E-state index in [0.29, 0.717) is 38.3 Å². The van der Waals surface area contributed by atoms with Crippen molar-refractivity contribution in [3.63, 3.8) is 0 Å². The van der Waals surface area contributed by atoms with Crippen LogP contribution in [0.3, 0.4) is 0 Å². The third-order valence-electron chi connectivity index (χ3n) is 10.3. The Morgan fingerprint density at radius 2 is 1.58 bits per heavy atom. The average molecular weight is 692 g/mol. The van der Waals surface area contributed by atoms with Gasteiger partial charge in [-0.15, -0.1) is 0 Å². The number of aromatic nitrogens is 1. The first kappa shape index (κ1) is 35.2. The van der Waals surface area contributed by atoms with E-state index >= 15 is 0 Å². The Balaban J connectivity index is 1.40. The van der Waals surface area contributed by atoms with E-state index in [2.05, 4.69) is 63.7 Å². The number of carbonyl (C=O) groups excluding carboxylic acids is 1. The zero-order valence-corrected chi connectivity index (χ0v) is 30.9. The van der Waals surface area contributed by atoms with Crippen molar-refractivity contribution < 1.29 is 18.7 Å². The summed E-state index contributed by atoms with van der Waals surface area (Å²) in [7, 11) is -1.90. The van der Waals surface area contributed by atoms with Crippen LogP contribution in [0.5, 0.6) is 11.5 Å². The van der Waals surface area contributed by atoms with Crippen molar-refractivity contribution in [2.75, 3.05) is 31.4 Å². The topological polar surface area (TPSA) is 73.2 Å². The lowest BCUT2D eigenvalue weighted by molar-refractivity contribution is 0.0662. The molecule has 1 amide bonds. The smallest absolute Gasteiger partial charge is 0.277 e. The van der Waals surface area contributed by atoms with Gasteiger partial charge in [-0.05, 0) is 53.6 Å². The summed E-state index contributed by atoms with van der Waals surface area (Å²) in [5, 5.41) is 2.27. The highest BCUT2D eigenvalue weighted by atomic mass is 28.4. The molecule has 0 bridgehead atoms. The van der Waals surface area contributed by atoms with E-state index in [4.69, 9.17) is 13.9 Å². The first-order valence-electron chi connectivity index (χ1n) is 17.5. The largest absolute Gasteiger partial charge is 0.489 e. The predicted octanol–water partition coefficient (Wildman–Crippen LogP) is 7.79. The van der Waals surface area contributed by atoms with Crippen molar-refractivity contribution in [3.8, 4) is 11.5 Å². The quantitative estimate of drug-likeness (QED) is 0.0994. The van der Waals surface area contributed by atoms with Crippen molar-refractivity contribution in [1.82, 2.24) is 9.58 Å². The van der Waals surface area contributed by atoms with Crippen LogP contribution in [-0.4, -0.2) is 50.2 Å². The average Bonchev–Trinajstić information content (AvgIpc) is 3.86. The minimum Gasteiger partial charge on any atom is -0.489 e. The molecular weight excluding hydrogens is 643 g/mol. The summed E-state index contributed by atoms with van der Waals surface area (Å²) in [5.74, 6) is 1.24. The molecule has 0 radical (unpaired) electrons. The Kier molecular flexibility index (Phi) is 10.4. The standard InChI is InChI=1S/C41H49N3O5Si/c1-7-24-47-36-21-15-14-20-34(36)37(31-18-12-9-13-19-31)44-29-42(26-32-25-33(32)28-49-50(5,6)41(2,3)4)40(46)38-39(35(45)22-23-43(38)44)48-27-30-16-10-8-11-17-30/h7-23,32-33,37H,1,24-29H2,2-6H3. The molecule has 3 atom stereocenters. The molecule has 4 aromatic rings. The molecule has 1 aromatic heterocycles. The van der Waals surface area contributed by atoms with E-state index in [1.807, 2.05) is 76.3 Å². The van der Waals surface area contributed by atoms with Crippen LogP contribution in [0.25, 0.3) is 0 Å². The number of hydrogen-bond acceptors (Lipinski definition) is 6. The first-order valence-corrected chi connectivity index (χ1v) is 20.4. The van der Waals surface area contributed by atoms with Crippen LogP contribution in [0.4, 0.5) is 0 Å². The van der Waals surface area contributed by atoms with Gasteiger partial charge in [0, 0.05) is 31.0 Å². The number of para-hydroxylation sites is 1. The van der Waals surface area contributed by atoms with Crippen molar-refractivity contribution in [2.45, 2.75) is 58.0 Å². The molecule has 1 aliphatic carbocycles. The molecule has 9 heteroatoms. The third kappa shape index (κ3) is 7.59. The molecule has 8 nitrogen and oxygen atoms in total. The van der Waals surface area contributed by atoms with Crippen LogP contribution in [0, 0.1) is 11.8 Å². The summed E-state index contributed by atoms with van der Waals surface area (Å²) >= 11 is 0. The second kappa shape index (κ2) is 14.7. The predicted molar refractivity (Wildman–Crippen MR) is 201 cm³/mol. The van der Waals surface area contributed by atoms with Gasteiger partial charge < -0.3 is 18.8 Å². The Morgan fingerprint density at radius 1 is 0.900 bits per heavy atom. The van der Waals surface area contributed by atoms with E-state index in [-0.39, 0.29) is 40.5 Å². The Bertz CT molecular complexity index is 1850. The molecule has 1 saturated carbocycles. The number of pyridine rings is 1. The van der Waals surface area contributed by atoms with Gasteiger partial charge in [-0.2, -0.15) is 0 Å². The van der Waals surface area contributed by atoms with Gasteiger partial charge in [0.25, 0.3) is 5.91 Å². The maximum absolute atomic E-state index is 14.6. The van der Waals surface area contributed by atoms with Gasteiger partial charge in [-0.3, -0.25) is 19.3 Å². The van der Waals surface area contributed by atoms with Crippen LogP contribution >= 0.6 is 0 Å². The van der Waals surface area contributed by atoms with E-state index < -0.39 is 8.32 Å². The lowest BCUT2D eigenvalue weighted by atomic mass is 9.97. The van der Waals surface area contributed by atoms with Gasteiger partial charge in [0.05, 0.1) is 0 Å². The third-order valence-corrected chi connectivity index (χ3v) is 14.8. The molecule has 3 unspecified atom stereocenters. The summed E-state index contributed by atoms with van der Waals surface area (Å²) < 4.78 is 20.8. The number of fused-ring (bicyclic) bond motifs is 1. The second-order valence-corrected chi connectivity index (χ2v) is 19.7. The van der Waals surface area contributed by atoms with Crippen LogP contribution < -0.4 is 19.9 Å². The molecule has 50 heavy (non-hydrogen) atoms. The van der Waals surface area contributed by atoms with Gasteiger partial charge in [-0.1, -0.05) is 112 Å². The monoisotopic (exact) mass is 691 g/mol.